The number of morpholine rings is 1. The van der Waals surface area contributed by atoms with Crippen molar-refractivity contribution < 1.29 is 18.7 Å². The van der Waals surface area contributed by atoms with E-state index in [4.69, 9.17) is 10.5 Å². The number of ketones is 1. The highest BCUT2D eigenvalue weighted by atomic mass is 19.1. The second-order valence-electron chi connectivity index (χ2n) is 4.71. The molecule has 0 saturated carbocycles. The third kappa shape index (κ3) is 3.61. The highest BCUT2D eigenvalue weighted by Gasteiger charge is 2.27. The summed E-state index contributed by atoms with van der Waals surface area (Å²) in [5.41, 5.74) is 5.77. The molecule has 2 rings (SSSR count). The van der Waals surface area contributed by atoms with Crippen LogP contribution in [0.2, 0.25) is 0 Å². The molecule has 1 amide bonds. The maximum atomic E-state index is 12.8. The maximum absolute atomic E-state index is 12.8. The Morgan fingerprint density at radius 1 is 1.35 bits per heavy atom. The van der Waals surface area contributed by atoms with Crippen molar-refractivity contribution in [2.45, 2.75) is 12.5 Å². The molecule has 0 bridgehead atoms. The smallest absolute Gasteiger partial charge is 0.237 e. The molecule has 6 heteroatoms. The van der Waals surface area contributed by atoms with Crippen LogP contribution in [0, 0.1) is 5.82 Å². The first-order chi connectivity index (χ1) is 9.58. The molecule has 2 N–H and O–H groups in total. The number of rotatable bonds is 5. The lowest BCUT2D eigenvalue weighted by molar-refractivity contribution is -0.129. The molecule has 20 heavy (non-hydrogen) atoms. The zero-order valence-electron chi connectivity index (χ0n) is 11.0. The number of nitrogens with zero attached hydrogens (tertiary/aromatic N) is 1. The molecular weight excluding hydrogens is 263 g/mol. The summed E-state index contributed by atoms with van der Waals surface area (Å²) in [5, 5.41) is 0. The van der Waals surface area contributed by atoms with E-state index in [1.54, 1.807) is 0 Å². The van der Waals surface area contributed by atoms with Gasteiger partial charge in [0.15, 0.2) is 5.78 Å². The number of carbonyl (C=O) groups is 2. The van der Waals surface area contributed by atoms with Gasteiger partial charge in [-0.3, -0.25) is 14.5 Å². The predicted octanol–water partition coefficient (Wildman–Crippen LogP) is 0.585. The number of Topliss-reactive ketones (excluding diaryl/α,β-unsaturated/α-hetero) is 1. The minimum absolute atomic E-state index is 0.0836. The Morgan fingerprint density at radius 2 is 2.05 bits per heavy atom. The van der Waals surface area contributed by atoms with Crippen molar-refractivity contribution in [3.63, 3.8) is 0 Å². The van der Waals surface area contributed by atoms with Crippen LogP contribution in [0.25, 0.3) is 0 Å². The minimum Gasteiger partial charge on any atom is -0.378 e. The largest absolute Gasteiger partial charge is 0.378 e. The number of hydrogen-bond donors (Lipinski definition) is 1. The lowest BCUT2D eigenvalue weighted by Gasteiger charge is -2.33. The Kier molecular flexibility index (Phi) is 4.81. The summed E-state index contributed by atoms with van der Waals surface area (Å²) in [6, 6.07) is 4.96. The first-order valence-corrected chi connectivity index (χ1v) is 6.48. The second-order valence-corrected chi connectivity index (χ2v) is 4.71. The molecule has 0 radical (unpaired) electrons. The van der Waals surface area contributed by atoms with Gasteiger partial charge >= 0.3 is 0 Å². The highest BCUT2D eigenvalue weighted by molar-refractivity contribution is 5.96. The number of nitrogens with two attached hydrogens (primary N) is 1. The fourth-order valence-electron chi connectivity index (χ4n) is 2.19. The summed E-state index contributed by atoms with van der Waals surface area (Å²) in [4.78, 5) is 25.1. The highest BCUT2D eigenvalue weighted by Crippen LogP contribution is 2.10. The molecule has 1 aromatic carbocycles. The standard InChI is InChI=1S/C14H17FN2O3/c15-11-3-1-10(2-4-11)13(18)5-6-17-7-8-20-9-12(17)14(16)19/h1-4,12H,5-9H2,(H2,16,19). The van der Waals surface area contributed by atoms with Gasteiger partial charge in [-0.15, -0.1) is 0 Å². The summed E-state index contributed by atoms with van der Waals surface area (Å²) in [5.74, 6) is -0.901. The molecule has 1 aliphatic rings. The summed E-state index contributed by atoms with van der Waals surface area (Å²) < 4.78 is 18.0. The first kappa shape index (κ1) is 14.6. The van der Waals surface area contributed by atoms with Gasteiger partial charge in [0.2, 0.25) is 5.91 Å². The van der Waals surface area contributed by atoms with Gasteiger partial charge in [-0.2, -0.15) is 0 Å². The van der Waals surface area contributed by atoms with E-state index in [0.717, 1.165) is 0 Å². The number of amides is 1. The summed E-state index contributed by atoms with van der Waals surface area (Å²) in [6.45, 7) is 1.80. The molecule has 0 aliphatic carbocycles. The molecule has 1 aliphatic heterocycles. The van der Waals surface area contributed by atoms with Crippen LogP contribution in [0.3, 0.4) is 0 Å². The van der Waals surface area contributed by atoms with Crippen molar-refractivity contribution in [1.82, 2.24) is 4.90 Å². The van der Waals surface area contributed by atoms with Crippen molar-refractivity contribution in [2.75, 3.05) is 26.3 Å². The maximum Gasteiger partial charge on any atom is 0.237 e. The molecule has 5 nitrogen and oxygen atoms in total. The van der Waals surface area contributed by atoms with Crippen LogP contribution in [0.1, 0.15) is 16.8 Å². The van der Waals surface area contributed by atoms with E-state index in [-0.39, 0.29) is 24.6 Å². The van der Waals surface area contributed by atoms with Gasteiger partial charge in [0, 0.05) is 25.1 Å². The van der Waals surface area contributed by atoms with Crippen molar-refractivity contribution in [1.29, 1.82) is 0 Å². The Hall–Kier alpha value is -1.79. The minimum atomic E-state index is -0.482. The molecule has 1 saturated heterocycles. The Balaban J connectivity index is 1.91. The van der Waals surface area contributed by atoms with Crippen LogP contribution >= 0.6 is 0 Å². The summed E-state index contributed by atoms with van der Waals surface area (Å²) >= 11 is 0. The van der Waals surface area contributed by atoms with E-state index in [2.05, 4.69) is 0 Å². The molecule has 1 heterocycles. The number of ether oxygens (including phenoxy) is 1. The van der Waals surface area contributed by atoms with Crippen molar-refractivity contribution in [3.05, 3.63) is 35.6 Å². The molecule has 1 fully saturated rings. The molecule has 0 aromatic heterocycles. The van der Waals surface area contributed by atoms with Crippen molar-refractivity contribution in [2.24, 2.45) is 5.73 Å². The van der Waals surface area contributed by atoms with E-state index in [1.807, 2.05) is 4.90 Å². The van der Waals surface area contributed by atoms with Gasteiger partial charge in [-0.05, 0) is 24.3 Å². The topological polar surface area (TPSA) is 72.6 Å². The Morgan fingerprint density at radius 3 is 2.70 bits per heavy atom. The SMILES string of the molecule is NC(=O)C1COCCN1CCC(=O)c1ccc(F)cc1. The molecule has 0 spiro atoms. The third-order valence-corrected chi connectivity index (χ3v) is 3.36. The van der Waals surface area contributed by atoms with Crippen LogP contribution in [-0.2, 0) is 9.53 Å². The van der Waals surface area contributed by atoms with Crippen LogP contribution in [0.15, 0.2) is 24.3 Å². The van der Waals surface area contributed by atoms with Crippen molar-refractivity contribution >= 4 is 11.7 Å². The number of primary amides is 1. The second kappa shape index (κ2) is 6.58. The van der Waals surface area contributed by atoms with Gasteiger partial charge < -0.3 is 10.5 Å². The van der Waals surface area contributed by atoms with Gasteiger partial charge in [-0.25, -0.2) is 4.39 Å². The number of carbonyl (C=O) groups excluding carboxylic acids is 2. The third-order valence-electron chi connectivity index (χ3n) is 3.36. The monoisotopic (exact) mass is 280 g/mol. The van der Waals surface area contributed by atoms with Crippen LogP contribution in [0.5, 0.6) is 0 Å². The quantitative estimate of drug-likeness (QED) is 0.801. The summed E-state index contributed by atoms with van der Waals surface area (Å²) in [6.07, 6.45) is 0.259. The first-order valence-electron chi connectivity index (χ1n) is 6.48. The van der Waals surface area contributed by atoms with E-state index in [1.165, 1.54) is 24.3 Å². The van der Waals surface area contributed by atoms with E-state index < -0.39 is 11.9 Å². The molecule has 1 aromatic rings. The normalized spacial score (nSPS) is 19.8. The average molecular weight is 280 g/mol. The van der Waals surface area contributed by atoms with Gasteiger partial charge in [0.25, 0.3) is 0 Å². The number of halogens is 1. The molecule has 1 unspecified atom stereocenters. The number of benzene rings is 1. The van der Waals surface area contributed by atoms with Crippen LogP contribution in [0.4, 0.5) is 4.39 Å². The molecule has 1 atom stereocenters. The van der Waals surface area contributed by atoms with E-state index in [0.29, 0.717) is 25.3 Å². The predicted molar refractivity (Wildman–Crippen MR) is 70.7 cm³/mol. The van der Waals surface area contributed by atoms with Crippen LogP contribution in [-0.4, -0.2) is 48.9 Å². The van der Waals surface area contributed by atoms with Crippen LogP contribution < -0.4 is 5.73 Å². The lowest BCUT2D eigenvalue weighted by atomic mass is 10.1. The molecular formula is C14H17FN2O3. The zero-order valence-corrected chi connectivity index (χ0v) is 11.0. The fraction of sp³-hybridized carbons (Fsp3) is 0.429. The Labute approximate surface area is 116 Å². The van der Waals surface area contributed by atoms with Gasteiger partial charge in [0.05, 0.1) is 13.2 Å². The molecule has 108 valence electrons. The van der Waals surface area contributed by atoms with Crippen molar-refractivity contribution in [3.8, 4) is 0 Å². The van der Waals surface area contributed by atoms with Gasteiger partial charge in [-0.1, -0.05) is 0 Å². The average Bonchev–Trinajstić information content (AvgIpc) is 2.45. The Bertz CT molecular complexity index is 490. The van der Waals surface area contributed by atoms with E-state index >= 15 is 0 Å². The zero-order chi connectivity index (χ0) is 14.5. The summed E-state index contributed by atoms with van der Waals surface area (Å²) in [7, 11) is 0. The fourth-order valence-corrected chi connectivity index (χ4v) is 2.19. The number of hydrogen-bond acceptors (Lipinski definition) is 4. The van der Waals surface area contributed by atoms with E-state index in [9.17, 15) is 14.0 Å². The van der Waals surface area contributed by atoms with Gasteiger partial charge in [0.1, 0.15) is 11.9 Å². The lowest BCUT2D eigenvalue weighted by Crippen LogP contribution is -2.52.